The smallest absolute Gasteiger partial charge is 0.225 e. The second-order valence-electron chi connectivity index (χ2n) is 6.23. The molecule has 0 heterocycles. The number of nitrogens with two attached hydrogens (primary N) is 1. The summed E-state index contributed by atoms with van der Waals surface area (Å²) < 4.78 is 50.6. The summed E-state index contributed by atoms with van der Waals surface area (Å²) in [6.07, 6.45) is 0.637. The third-order valence-corrected chi connectivity index (χ3v) is 6.09. The minimum atomic E-state index is -3.86. The third-order valence-electron chi connectivity index (χ3n) is 3.67. The summed E-state index contributed by atoms with van der Waals surface area (Å²) in [6.45, 7) is 4.04. The molecule has 0 spiro atoms. The van der Waals surface area contributed by atoms with Gasteiger partial charge >= 0.3 is 0 Å². The lowest BCUT2D eigenvalue weighted by Crippen LogP contribution is -2.29. The van der Waals surface area contributed by atoms with Crippen LogP contribution in [0.1, 0.15) is 31.9 Å². The minimum Gasteiger partial charge on any atom is -0.225 e. The Hall–Kier alpha value is -1.74. The van der Waals surface area contributed by atoms with Gasteiger partial charge in [0.25, 0.3) is 0 Å². The van der Waals surface area contributed by atoms with Gasteiger partial charge in [0, 0.05) is 6.04 Å². The molecular formula is C17H22N2O4S2. The predicted molar refractivity (Wildman–Crippen MR) is 96.8 cm³/mol. The summed E-state index contributed by atoms with van der Waals surface area (Å²) in [4.78, 5) is -0.141. The van der Waals surface area contributed by atoms with E-state index in [0.29, 0.717) is 6.42 Å². The van der Waals surface area contributed by atoms with Gasteiger partial charge in [-0.05, 0) is 42.2 Å². The fourth-order valence-electron chi connectivity index (χ4n) is 2.47. The summed E-state index contributed by atoms with van der Waals surface area (Å²) >= 11 is 0. The quantitative estimate of drug-likeness (QED) is 0.767. The van der Waals surface area contributed by atoms with Gasteiger partial charge in [-0.3, -0.25) is 0 Å². The molecule has 1 unspecified atom stereocenters. The molecule has 0 saturated carbocycles. The highest BCUT2D eigenvalue weighted by Crippen LogP contribution is 2.24. The van der Waals surface area contributed by atoms with Gasteiger partial charge < -0.3 is 0 Å². The molecule has 0 aliphatic heterocycles. The van der Waals surface area contributed by atoms with E-state index in [-0.39, 0.29) is 21.8 Å². The highest BCUT2D eigenvalue weighted by molar-refractivity contribution is 7.89. The zero-order valence-electron chi connectivity index (χ0n) is 14.1. The van der Waals surface area contributed by atoms with Gasteiger partial charge in [-0.25, -0.2) is 26.7 Å². The number of primary sulfonamides is 1. The van der Waals surface area contributed by atoms with E-state index in [1.807, 2.05) is 44.2 Å². The van der Waals surface area contributed by atoms with Gasteiger partial charge in [-0.1, -0.05) is 44.2 Å². The summed E-state index contributed by atoms with van der Waals surface area (Å²) in [7, 11) is -7.66. The Bertz CT molecular complexity index is 907. The van der Waals surface area contributed by atoms with Crippen molar-refractivity contribution in [2.75, 3.05) is 0 Å². The predicted octanol–water partition coefficient (Wildman–Crippen LogP) is 2.40. The molecule has 0 saturated heterocycles. The van der Waals surface area contributed by atoms with E-state index < -0.39 is 20.0 Å². The molecule has 2 aromatic rings. The van der Waals surface area contributed by atoms with Gasteiger partial charge in [0.05, 0.1) is 9.79 Å². The molecule has 2 rings (SSSR count). The maximum atomic E-state index is 12.7. The van der Waals surface area contributed by atoms with E-state index >= 15 is 0 Å². The number of rotatable bonds is 7. The van der Waals surface area contributed by atoms with Crippen LogP contribution in [0.4, 0.5) is 0 Å². The van der Waals surface area contributed by atoms with Crippen LogP contribution in [-0.2, 0) is 20.0 Å². The van der Waals surface area contributed by atoms with Crippen molar-refractivity contribution in [2.24, 2.45) is 11.1 Å². The van der Waals surface area contributed by atoms with Crippen LogP contribution in [-0.4, -0.2) is 16.8 Å². The molecule has 0 aliphatic rings. The Balaban J connectivity index is 2.31. The number of hydrogen-bond donors (Lipinski definition) is 2. The largest absolute Gasteiger partial charge is 0.241 e. The molecule has 0 aliphatic carbocycles. The van der Waals surface area contributed by atoms with Crippen LogP contribution in [0.5, 0.6) is 0 Å². The molecule has 1 atom stereocenters. The molecule has 6 nitrogen and oxygen atoms in total. The van der Waals surface area contributed by atoms with E-state index in [2.05, 4.69) is 4.72 Å². The van der Waals surface area contributed by atoms with Crippen LogP contribution in [0.25, 0.3) is 0 Å². The Morgan fingerprint density at radius 2 is 1.40 bits per heavy atom. The molecule has 0 bridgehead atoms. The maximum absolute atomic E-state index is 12.7. The summed E-state index contributed by atoms with van der Waals surface area (Å²) in [5.41, 5.74) is 0.876. The lowest BCUT2D eigenvalue weighted by molar-refractivity contribution is 0.472. The third kappa shape index (κ3) is 5.37. The average molecular weight is 383 g/mol. The monoisotopic (exact) mass is 382 g/mol. The first-order chi connectivity index (χ1) is 11.6. The van der Waals surface area contributed by atoms with Crippen LogP contribution >= 0.6 is 0 Å². The molecule has 0 radical (unpaired) electrons. The van der Waals surface area contributed by atoms with Crippen LogP contribution in [0.15, 0.2) is 64.4 Å². The fourth-order valence-corrected chi connectivity index (χ4v) is 4.23. The van der Waals surface area contributed by atoms with Crippen molar-refractivity contribution in [3.63, 3.8) is 0 Å². The lowest BCUT2D eigenvalue weighted by Gasteiger charge is -2.21. The molecular weight excluding hydrogens is 360 g/mol. The first-order valence-corrected chi connectivity index (χ1v) is 10.8. The molecule has 2 aromatic carbocycles. The molecule has 0 aromatic heterocycles. The summed E-state index contributed by atoms with van der Waals surface area (Å²) in [5, 5.41) is 5.03. The van der Waals surface area contributed by atoms with Crippen molar-refractivity contribution in [3.8, 4) is 0 Å². The minimum absolute atomic E-state index is 0.00964. The van der Waals surface area contributed by atoms with Crippen molar-refractivity contribution in [1.82, 2.24) is 4.72 Å². The topological polar surface area (TPSA) is 106 Å². The number of benzene rings is 2. The van der Waals surface area contributed by atoms with Crippen molar-refractivity contribution < 1.29 is 16.8 Å². The Morgan fingerprint density at radius 3 is 1.88 bits per heavy atom. The first-order valence-electron chi connectivity index (χ1n) is 7.80. The molecule has 136 valence electrons. The van der Waals surface area contributed by atoms with E-state index in [4.69, 9.17) is 5.14 Å². The van der Waals surface area contributed by atoms with Gasteiger partial charge in [0.1, 0.15) is 0 Å². The lowest BCUT2D eigenvalue weighted by atomic mass is 9.98. The van der Waals surface area contributed by atoms with Gasteiger partial charge in [0.2, 0.25) is 20.0 Å². The highest BCUT2D eigenvalue weighted by Gasteiger charge is 2.22. The molecule has 0 fully saturated rings. The standard InChI is InChI=1S/C17H22N2O4S2/c1-13(2)12-17(14-6-4-3-5-7-14)19-25(22,23)16-10-8-15(9-11-16)24(18,20)21/h3-11,13,17,19H,12H2,1-2H3,(H2,18,20,21). The Morgan fingerprint density at radius 1 is 0.880 bits per heavy atom. The molecule has 8 heteroatoms. The number of nitrogens with one attached hydrogen (secondary N) is 1. The van der Waals surface area contributed by atoms with E-state index in [0.717, 1.165) is 5.56 Å². The van der Waals surface area contributed by atoms with Gasteiger partial charge in [-0.15, -0.1) is 0 Å². The Labute approximate surface area is 149 Å². The van der Waals surface area contributed by atoms with Crippen molar-refractivity contribution in [3.05, 3.63) is 60.2 Å². The van der Waals surface area contributed by atoms with E-state index in [9.17, 15) is 16.8 Å². The second kappa shape index (κ2) is 7.65. The fraction of sp³-hybridized carbons (Fsp3) is 0.294. The van der Waals surface area contributed by atoms with E-state index in [1.165, 1.54) is 24.3 Å². The zero-order chi connectivity index (χ0) is 18.7. The van der Waals surface area contributed by atoms with E-state index in [1.54, 1.807) is 0 Å². The molecule has 25 heavy (non-hydrogen) atoms. The van der Waals surface area contributed by atoms with Crippen LogP contribution in [0, 0.1) is 5.92 Å². The number of sulfonamides is 2. The average Bonchev–Trinajstić information content (AvgIpc) is 2.54. The maximum Gasteiger partial charge on any atom is 0.241 e. The van der Waals surface area contributed by atoms with Gasteiger partial charge in [0.15, 0.2) is 0 Å². The van der Waals surface area contributed by atoms with Crippen molar-refractivity contribution in [2.45, 2.75) is 36.1 Å². The molecule has 0 amide bonds. The van der Waals surface area contributed by atoms with Crippen molar-refractivity contribution in [1.29, 1.82) is 0 Å². The van der Waals surface area contributed by atoms with Crippen LogP contribution in [0.2, 0.25) is 0 Å². The zero-order valence-corrected chi connectivity index (χ0v) is 15.7. The van der Waals surface area contributed by atoms with Crippen molar-refractivity contribution >= 4 is 20.0 Å². The SMILES string of the molecule is CC(C)CC(NS(=O)(=O)c1ccc(S(N)(=O)=O)cc1)c1ccccc1. The summed E-state index contributed by atoms with van der Waals surface area (Å²) in [5.74, 6) is 0.290. The second-order valence-corrected chi connectivity index (χ2v) is 9.51. The first kappa shape index (κ1) is 19.6. The van der Waals surface area contributed by atoms with Crippen LogP contribution in [0.3, 0.4) is 0 Å². The molecule has 3 N–H and O–H groups in total. The van der Waals surface area contributed by atoms with Crippen LogP contribution < -0.4 is 9.86 Å². The highest BCUT2D eigenvalue weighted by atomic mass is 32.2. The van der Waals surface area contributed by atoms with Gasteiger partial charge in [-0.2, -0.15) is 0 Å². The number of hydrogen-bond acceptors (Lipinski definition) is 4. The normalized spacial score (nSPS) is 13.8. The Kier molecular flexibility index (Phi) is 5.99. The summed E-state index contributed by atoms with van der Waals surface area (Å²) in [6, 6.07) is 13.8.